The predicted octanol–water partition coefficient (Wildman–Crippen LogP) is 1.89. The van der Waals surface area contributed by atoms with E-state index >= 15 is 0 Å². The Morgan fingerprint density at radius 2 is 1.11 bits per heavy atom. The third-order valence-corrected chi connectivity index (χ3v) is 2.85. The van der Waals surface area contributed by atoms with Gasteiger partial charge in [0.1, 0.15) is 0 Å². The van der Waals surface area contributed by atoms with E-state index in [2.05, 4.69) is 8.37 Å². The normalized spacial score (nSPS) is 12.5. The highest BCUT2D eigenvalue weighted by Crippen LogP contribution is 2.00. The third-order valence-electron chi connectivity index (χ3n) is 1.94. The van der Waals surface area contributed by atoms with E-state index in [4.69, 9.17) is 9.47 Å². The molecule has 0 aromatic carbocycles. The zero-order chi connectivity index (χ0) is 14.7. The summed E-state index contributed by atoms with van der Waals surface area (Å²) in [5.74, 6) is 0. The van der Waals surface area contributed by atoms with Crippen LogP contribution in [-0.2, 0) is 28.2 Å². The van der Waals surface area contributed by atoms with Crippen molar-refractivity contribution in [2.75, 3.05) is 26.4 Å². The van der Waals surface area contributed by atoms with Crippen LogP contribution in [-0.4, -0.2) is 47.1 Å². The van der Waals surface area contributed by atoms with Crippen LogP contribution in [0, 0.1) is 0 Å². The summed E-state index contributed by atoms with van der Waals surface area (Å²) < 4.78 is 42.5. The molecule has 19 heavy (non-hydrogen) atoms. The monoisotopic (exact) mass is 298 g/mol. The van der Waals surface area contributed by atoms with Gasteiger partial charge in [0.25, 0.3) is 0 Å². The molecule has 0 bridgehead atoms. The highest BCUT2D eigenvalue weighted by Gasteiger charge is 2.11. The first-order chi connectivity index (χ1) is 8.83. The molecule has 0 heterocycles. The molecular formula is C12H26O6S. The van der Waals surface area contributed by atoms with Gasteiger partial charge < -0.3 is 9.47 Å². The Morgan fingerprint density at radius 1 is 0.737 bits per heavy atom. The fourth-order valence-corrected chi connectivity index (χ4v) is 1.82. The Hall–Kier alpha value is -0.210. The van der Waals surface area contributed by atoms with Gasteiger partial charge >= 0.3 is 10.4 Å². The van der Waals surface area contributed by atoms with Crippen LogP contribution >= 0.6 is 0 Å². The second kappa shape index (κ2) is 10.6. The van der Waals surface area contributed by atoms with Gasteiger partial charge in [0, 0.05) is 13.2 Å². The van der Waals surface area contributed by atoms with Crippen LogP contribution in [0.3, 0.4) is 0 Å². The minimum atomic E-state index is -3.89. The molecule has 7 heteroatoms. The van der Waals surface area contributed by atoms with Gasteiger partial charge in [-0.1, -0.05) is 0 Å². The Kier molecular flexibility index (Phi) is 10.4. The SMILES string of the molecule is CC(C)OCCCOS(=O)(=O)OCCCOC(C)C. The molecule has 0 saturated carbocycles. The molecule has 0 aliphatic carbocycles. The van der Waals surface area contributed by atoms with Gasteiger partial charge in [-0.2, -0.15) is 8.42 Å². The van der Waals surface area contributed by atoms with Crippen LogP contribution in [0.1, 0.15) is 40.5 Å². The first-order valence-electron chi connectivity index (χ1n) is 6.60. The lowest BCUT2D eigenvalue weighted by Gasteiger charge is -2.09. The van der Waals surface area contributed by atoms with E-state index < -0.39 is 10.4 Å². The zero-order valence-corrected chi connectivity index (χ0v) is 13.1. The molecular weight excluding hydrogens is 272 g/mol. The summed E-state index contributed by atoms with van der Waals surface area (Å²) in [6.07, 6.45) is 1.29. The second-order valence-electron chi connectivity index (χ2n) is 4.60. The second-order valence-corrected chi connectivity index (χ2v) is 5.89. The highest BCUT2D eigenvalue weighted by atomic mass is 32.3. The lowest BCUT2D eigenvalue weighted by molar-refractivity contribution is 0.0639. The van der Waals surface area contributed by atoms with Gasteiger partial charge in [0.15, 0.2) is 0 Å². The van der Waals surface area contributed by atoms with Crippen molar-refractivity contribution in [1.29, 1.82) is 0 Å². The van der Waals surface area contributed by atoms with Crippen LogP contribution in [0.25, 0.3) is 0 Å². The van der Waals surface area contributed by atoms with Crippen LogP contribution in [0.15, 0.2) is 0 Å². The minimum absolute atomic E-state index is 0.0670. The lowest BCUT2D eigenvalue weighted by Crippen LogP contribution is -2.15. The summed E-state index contributed by atoms with van der Waals surface area (Å²) in [5, 5.41) is 0. The van der Waals surface area contributed by atoms with Gasteiger partial charge in [0.2, 0.25) is 0 Å². The van der Waals surface area contributed by atoms with Crippen LogP contribution < -0.4 is 0 Å². The van der Waals surface area contributed by atoms with Gasteiger partial charge in [-0.25, -0.2) is 8.37 Å². The van der Waals surface area contributed by atoms with E-state index in [0.29, 0.717) is 26.1 Å². The molecule has 0 aliphatic rings. The number of hydrogen-bond acceptors (Lipinski definition) is 6. The maximum Gasteiger partial charge on any atom is 0.399 e. The molecule has 0 N–H and O–H groups in total. The predicted molar refractivity (Wildman–Crippen MR) is 72.2 cm³/mol. The summed E-state index contributed by atoms with van der Waals surface area (Å²) in [4.78, 5) is 0. The third kappa shape index (κ3) is 14.0. The summed E-state index contributed by atoms with van der Waals surface area (Å²) in [6, 6.07) is 0. The van der Waals surface area contributed by atoms with Crippen LogP contribution in [0.4, 0.5) is 0 Å². The van der Waals surface area contributed by atoms with Crippen molar-refractivity contribution < 1.29 is 26.3 Å². The zero-order valence-electron chi connectivity index (χ0n) is 12.3. The van der Waals surface area contributed by atoms with Gasteiger partial charge in [0.05, 0.1) is 25.4 Å². The van der Waals surface area contributed by atoms with E-state index in [0.717, 1.165) is 0 Å². The standard InChI is InChI=1S/C12H26O6S/c1-11(2)15-7-5-9-17-19(13,14)18-10-6-8-16-12(3)4/h11-12H,5-10H2,1-4H3. The molecule has 6 nitrogen and oxygen atoms in total. The largest absolute Gasteiger partial charge is 0.399 e. The summed E-state index contributed by atoms with van der Waals surface area (Å²) in [7, 11) is -3.89. The quantitative estimate of drug-likeness (QED) is 0.512. The summed E-state index contributed by atoms with van der Waals surface area (Å²) >= 11 is 0. The molecule has 0 fully saturated rings. The molecule has 0 radical (unpaired) electrons. The Labute approximate surface area is 116 Å². The van der Waals surface area contributed by atoms with Crippen LogP contribution in [0.2, 0.25) is 0 Å². The molecule has 0 amide bonds. The average Bonchev–Trinajstić information content (AvgIpc) is 2.27. The number of hydrogen-bond donors (Lipinski definition) is 0. The van der Waals surface area contributed by atoms with E-state index in [1.54, 1.807) is 0 Å². The molecule has 0 unspecified atom stereocenters. The molecule has 0 aromatic heterocycles. The first-order valence-corrected chi connectivity index (χ1v) is 7.94. The van der Waals surface area contributed by atoms with Crippen molar-refractivity contribution in [3.63, 3.8) is 0 Å². The minimum Gasteiger partial charge on any atom is -0.379 e. The van der Waals surface area contributed by atoms with E-state index in [1.165, 1.54) is 0 Å². The van der Waals surface area contributed by atoms with Crippen molar-refractivity contribution in [1.82, 2.24) is 0 Å². The molecule has 0 spiro atoms. The smallest absolute Gasteiger partial charge is 0.379 e. The van der Waals surface area contributed by atoms with Crippen molar-refractivity contribution in [3.8, 4) is 0 Å². The first kappa shape index (κ1) is 18.8. The fourth-order valence-electron chi connectivity index (χ4n) is 1.11. The average molecular weight is 298 g/mol. The van der Waals surface area contributed by atoms with Gasteiger partial charge in [-0.15, -0.1) is 0 Å². The highest BCUT2D eigenvalue weighted by molar-refractivity contribution is 7.81. The Morgan fingerprint density at radius 3 is 1.42 bits per heavy atom. The molecule has 0 saturated heterocycles. The van der Waals surface area contributed by atoms with Crippen molar-refractivity contribution in [3.05, 3.63) is 0 Å². The number of ether oxygens (including phenoxy) is 2. The van der Waals surface area contributed by atoms with E-state index in [9.17, 15) is 8.42 Å². The van der Waals surface area contributed by atoms with Crippen molar-refractivity contribution >= 4 is 10.4 Å². The molecule has 0 atom stereocenters. The Bertz CT molecular complexity index is 275. The fraction of sp³-hybridized carbons (Fsp3) is 1.00. The molecule has 0 rings (SSSR count). The van der Waals surface area contributed by atoms with Crippen LogP contribution in [0.5, 0.6) is 0 Å². The molecule has 0 aromatic rings. The number of rotatable bonds is 12. The summed E-state index contributed by atoms with van der Waals surface area (Å²) in [5.41, 5.74) is 0. The molecule has 116 valence electrons. The maximum absolute atomic E-state index is 11.3. The molecule has 0 aliphatic heterocycles. The lowest BCUT2D eigenvalue weighted by atomic mass is 10.4. The van der Waals surface area contributed by atoms with Gasteiger partial charge in [-0.05, 0) is 40.5 Å². The van der Waals surface area contributed by atoms with Crippen molar-refractivity contribution in [2.45, 2.75) is 52.7 Å². The topological polar surface area (TPSA) is 71.1 Å². The summed E-state index contributed by atoms with van der Waals surface area (Å²) in [6.45, 7) is 8.74. The van der Waals surface area contributed by atoms with Gasteiger partial charge in [-0.3, -0.25) is 0 Å². The van der Waals surface area contributed by atoms with Crippen molar-refractivity contribution in [2.24, 2.45) is 0 Å². The van der Waals surface area contributed by atoms with E-state index in [-0.39, 0.29) is 25.4 Å². The maximum atomic E-state index is 11.3. The van der Waals surface area contributed by atoms with E-state index in [1.807, 2.05) is 27.7 Å². The Balaban J connectivity index is 3.53.